The highest BCUT2D eigenvalue weighted by molar-refractivity contribution is 4.77. The van der Waals surface area contributed by atoms with Crippen molar-refractivity contribution < 1.29 is 9.47 Å². The number of rotatable bonds is 7. The fourth-order valence-electron chi connectivity index (χ4n) is 3.38. The lowest BCUT2D eigenvalue weighted by Crippen LogP contribution is -2.36. The number of piperidine rings is 1. The van der Waals surface area contributed by atoms with E-state index < -0.39 is 0 Å². The minimum Gasteiger partial charge on any atom is -0.375 e. The van der Waals surface area contributed by atoms with Crippen molar-refractivity contribution in [2.75, 3.05) is 39.8 Å². The van der Waals surface area contributed by atoms with Crippen molar-refractivity contribution in [2.24, 2.45) is 0 Å². The van der Waals surface area contributed by atoms with Crippen molar-refractivity contribution in [3.8, 4) is 0 Å². The van der Waals surface area contributed by atoms with Gasteiger partial charge in [-0.1, -0.05) is 0 Å². The highest BCUT2D eigenvalue weighted by atomic mass is 16.5. The van der Waals surface area contributed by atoms with Crippen LogP contribution in [0.5, 0.6) is 0 Å². The molecule has 0 amide bonds. The molecule has 0 aliphatic carbocycles. The Morgan fingerprint density at radius 2 is 1.62 bits per heavy atom. The standard InChI is InChI=1S/C17H34N2O2/c1-14(2)20-17-8-12-19(13-17)11-5-15(3)21-16-6-9-18(4)10-7-16/h14-17H,5-13H2,1-4H3. The molecule has 2 aliphatic rings. The van der Waals surface area contributed by atoms with Crippen LogP contribution >= 0.6 is 0 Å². The predicted molar refractivity (Wildman–Crippen MR) is 86.7 cm³/mol. The fraction of sp³-hybridized carbons (Fsp3) is 1.00. The highest BCUT2D eigenvalue weighted by Gasteiger charge is 2.24. The molecular weight excluding hydrogens is 264 g/mol. The van der Waals surface area contributed by atoms with Gasteiger partial charge in [-0.3, -0.25) is 0 Å². The maximum absolute atomic E-state index is 6.21. The number of ether oxygens (including phenoxy) is 2. The van der Waals surface area contributed by atoms with Crippen molar-refractivity contribution in [2.45, 2.75) is 70.9 Å². The van der Waals surface area contributed by atoms with Gasteiger partial charge >= 0.3 is 0 Å². The molecule has 0 radical (unpaired) electrons. The third-order valence-corrected chi connectivity index (χ3v) is 4.64. The van der Waals surface area contributed by atoms with Gasteiger partial charge in [0, 0.05) is 32.7 Å². The molecule has 0 aromatic rings. The smallest absolute Gasteiger partial charge is 0.0717 e. The van der Waals surface area contributed by atoms with E-state index in [1.807, 2.05) is 0 Å². The summed E-state index contributed by atoms with van der Waals surface area (Å²) >= 11 is 0. The summed E-state index contributed by atoms with van der Waals surface area (Å²) in [4.78, 5) is 4.92. The molecular formula is C17H34N2O2. The average molecular weight is 298 g/mol. The van der Waals surface area contributed by atoms with Crippen LogP contribution in [0, 0.1) is 0 Å². The molecule has 2 aliphatic heterocycles. The molecule has 2 atom stereocenters. The van der Waals surface area contributed by atoms with Crippen LogP contribution in [-0.2, 0) is 9.47 Å². The third kappa shape index (κ3) is 6.23. The van der Waals surface area contributed by atoms with Gasteiger partial charge in [-0.15, -0.1) is 0 Å². The molecule has 21 heavy (non-hydrogen) atoms. The second-order valence-electron chi connectivity index (χ2n) is 7.13. The molecule has 4 nitrogen and oxygen atoms in total. The van der Waals surface area contributed by atoms with Crippen LogP contribution in [0.25, 0.3) is 0 Å². The lowest BCUT2D eigenvalue weighted by Gasteiger charge is -2.31. The summed E-state index contributed by atoms with van der Waals surface area (Å²) in [6.07, 6.45) is 6.35. The normalized spacial score (nSPS) is 27.6. The molecule has 2 fully saturated rings. The Bertz CT molecular complexity index is 291. The van der Waals surface area contributed by atoms with E-state index >= 15 is 0 Å². The van der Waals surface area contributed by atoms with Gasteiger partial charge in [0.1, 0.15) is 0 Å². The molecule has 0 spiro atoms. The van der Waals surface area contributed by atoms with Gasteiger partial charge in [0.15, 0.2) is 0 Å². The van der Waals surface area contributed by atoms with E-state index in [0.29, 0.717) is 24.4 Å². The van der Waals surface area contributed by atoms with Crippen molar-refractivity contribution in [3.05, 3.63) is 0 Å². The monoisotopic (exact) mass is 298 g/mol. The van der Waals surface area contributed by atoms with E-state index in [9.17, 15) is 0 Å². The second kappa shape index (κ2) is 8.47. The maximum atomic E-state index is 6.21. The zero-order valence-electron chi connectivity index (χ0n) is 14.4. The highest BCUT2D eigenvalue weighted by Crippen LogP contribution is 2.18. The molecule has 0 saturated carbocycles. The van der Waals surface area contributed by atoms with Crippen LogP contribution in [0.15, 0.2) is 0 Å². The van der Waals surface area contributed by atoms with E-state index in [4.69, 9.17) is 9.47 Å². The fourth-order valence-corrected chi connectivity index (χ4v) is 3.38. The first kappa shape index (κ1) is 17.2. The van der Waals surface area contributed by atoms with E-state index in [-0.39, 0.29) is 0 Å². The first-order valence-corrected chi connectivity index (χ1v) is 8.74. The Labute approximate surface area is 130 Å². The molecule has 2 unspecified atom stereocenters. The van der Waals surface area contributed by atoms with E-state index in [1.165, 1.54) is 38.9 Å². The predicted octanol–water partition coefficient (Wildman–Crippen LogP) is 2.38. The zero-order chi connectivity index (χ0) is 15.2. The third-order valence-electron chi connectivity index (χ3n) is 4.64. The largest absolute Gasteiger partial charge is 0.375 e. The van der Waals surface area contributed by atoms with Crippen LogP contribution in [0.3, 0.4) is 0 Å². The summed E-state index contributed by atoms with van der Waals surface area (Å²) < 4.78 is 12.1. The molecule has 0 bridgehead atoms. The van der Waals surface area contributed by atoms with Gasteiger partial charge in [-0.2, -0.15) is 0 Å². The van der Waals surface area contributed by atoms with Crippen molar-refractivity contribution in [1.29, 1.82) is 0 Å². The minimum atomic E-state index is 0.349. The zero-order valence-corrected chi connectivity index (χ0v) is 14.4. The Morgan fingerprint density at radius 3 is 2.29 bits per heavy atom. The minimum absolute atomic E-state index is 0.349. The van der Waals surface area contributed by atoms with E-state index in [2.05, 4.69) is 37.6 Å². The van der Waals surface area contributed by atoms with E-state index in [0.717, 1.165) is 19.5 Å². The number of nitrogens with zero attached hydrogens (tertiary/aromatic N) is 2. The quantitative estimate of drug-likeness (QED) is 0.720. The molecule has 0 N–H and O–H groups in total. The first-order chi connectivity index (χ1) is 10.0. The van der Waals surface area contributed by atoms with Gasteiger partial charge in [0.05, 0.1) is 24.4 Å². The number of hydrogen-bond donors (Lipinski definition) is 0. The molecule has 0 aromatic carbocycles. The Kier molecular flexibility index (Phi) is 6.93. The lowest BCUT2D eigenvalue weighted by atomic mass is 10.1. The van der Waals surface area contributed by atoms with Crippen LogP contribution < -0.4 is 0 Å². The maximum Gasteiger partial charge on any atom is 0.0717 e. The SMILES string of the molecule is CC(C)OC1CCN(CCC(C)OC2CCN(C)CC2)C1. The molecule has 124 valence electrons. The average Bonchev–Trinajstić information content (AvgIpc) is 2.86. The van der Waals surface area contributed by atoms with Crippen LogP contribution in [0.4, 0.5) is 0 Å². The van der Waals surface area contributed by atoms with Crippen LogP contribution in [0.1, 0.15) is 46.5 Å². The van der Waals surface area contributed by atoms with Crippen molar-refractivity contribution in [3.63, 3.8) is 0 Å². The summed E-state index contributed by atoms with van der Waals surface area (Å²) in [6, 6.07) is 0. The summed E-state index contributed by atoms with van der Waals surface area (Å²) in [5.41, 5.74) is 0. The van der Waals surface area contributed by atoms with Crippen LogP contribution in [0.2, 0.25) is 0 Å². The van der Waals surface area contributed by atoms with Crippen LogP contribution in [-0.4, -0.2) is 74.0 Å². The first-order valence-electron chi connectivity index (χ1n) is 8.74. The van der Waals surface area contributed by atoms with Crippen molar-refractivity contribution in [1.82, 2.24) is 9.80 Å². The lowest BCUT2D eigenvalue weighted by molar-refractivity contribution is -0.0376. The summed E-state index contributed by atoms with van der Waals surface area (Å²) in [5, 5.41) is 0. The Morgan fingerprint density at radius 1 is 0.952 bits per heavy atom. The topological polar surface area (TPSA) is 24.9 Å². The van der Waals surface area contributed by atoms with E-state index in [1.54, 1.807) is 0 Å². The molecule has 4 heteroatoms. The Hall–Kier alpha value is -0.160. The summed E-state index contributed by atoms with van der Waals surface area (Å²) in [5.74, 6) is 0. The Balaban J connectivity index is 1.58. The summed E-state index contributed by atoms with van der Waals surface area (Å²) in [7, 11) is 2.20. The van der Waals surface area contributed by atoms with Gasteiger partial charge < -0.3 is 19.3 Å². The molecule has 2 rings (SSSR count). The van der Waals surface area contributed by atoms with Gasteiger partial charge in [0.25, 0.3) is 0 Å². The second-order valence-corrected chi connectivity index (χ2v) is 7.13. The molecule has 2 saturated heterocycles. The molecule has 2 heterocycles. The van der Waals surface area contributed by atoms with Crippen molar-refractivity contribution >= 4 is 0 Å². The number of hydrogen-bond acceptors (Lipinski definition) is 4. The van der Waals surface area contributed by atoms with Gasteiger partial charge in [-0.25, -0.2) is 0 Å². The number of likely N-dealkylation sites (tertiary alicyclic amines) is 2. The van der Waals surface area contributed by atoms with Gasteiger partial charge in [0.2, 0.25) is 0 Å². The summed E-state index contributed by atoms with van der Waals surface area (Å²) in [6.45, 7) is 12.3. The molecule has 0 aromatic heterocycles. The van der Waals surface area contributed by atoms with Gasteiger partial charge in [-0.05, 0) is 53.5 Å².